The van der Waals surface area contributed by atoms with Gasteiger partial charge in [0.1, 0.15) is 0 Å². The van der Waals surface area contributed by atoms with E-state index in [1.165, 1.54) is 5.56 Å². The molecule has 1 aromatic rings. The van der Waals surface area contributed by atoms with Crippen molar-refractivity contribution in [2.45, 2.75) is 19.9 Å². The average Bonchev–Trinajstić information content (AvgIpc) is 2.14. The first-order valence-electron chi connectivity index (χ1n) is 4.28. The van der Waals surface area contributed by atoms with Gasteiger partial charge in [-0.15, -0.1) is 0 Å². The van der Waals surface area contributed by atoms with E-state index in [9.17, 15) is 0 Å². The fraction of sp³-hybridized carbons (Fsp3) is 0.444. The molecule has 0 aliphatic carbocycles. The summed E-state index contributed by atoms with van der Waals surface area (Å²) in [4.78, 5) is 4.02. The third-order valence-corrected chi connectivity index (χ3v) is 1.52. The number of rotatable bonds is 5. The molecular weight excluding hydrogens is 150 g/mol. The lowest BCUT2D eigenvalue weighted by Gasteiger charge is -2.04. The molecule has 0 aliphatic heterocycles. The van der Waals surface area contributed by atoms with E-state index in [-0.39, 0.29) is 0 Å². The zero-order valence-corrected chi connectivity index (χ0v) is 7.38. The average molecular weight is 165 g/mol. The standard InChI is InChI=1S/C9H15N3/c1-2-5-11-12-8-9-4-3-6-10-7-9/h3-4,6-7,11-12H,2,5,8H2,1H3. The molecule has 1 aromatic heterocycles. The molecule has 3 heteroatoms. The zero-order valence-electron chi connectivity index (χ0n) is 7.38. The minimum absolute atomic E-state index is 0.827. The van der Waals surface area contributed by atoms with E-state index in [0.717, 1.165) is 19.5 Å². The number of pyridine rings is 1. The molecule has 0 bridgehead atoms. The lowest BCUT2D eigenvalue weighted by Crippen LogP contribution is -2.31. The fourth-order valence-electron chi connectivity index (χ4n) is 0.881. The predicted molar refractivity (Wildman–Crippen MR) is 49.4 cm³/mol. The van der Waals surface area contributed by atoms with Gasteiger partial charge in [0.25, 0.3) is 0 Å². The van der Waals surface area contributed by atoms with Gasteiger partial charge >= 0.3 is 0 Å². The van der Waals surface area contributed by atoms with Gasteiger partial charge in [-0.3, -0.25) is 15.8 Å². The number of nitrogens with one attached hydrogen (secondary N) is 2. The molecule has 0 fully saturated rings. The molecule has 0 aliphatic rings. The monoisotopic (exact) mass is 165 g/mol. The third-order valence-electron chi connectivity index (χ3n) is 1.52. The SMILES string of the molecule is CCCNNCc1cccnc1. The van der Waals surface area contributed by atoms with Gasteiger partial charge in [-0.2, -0.15) is 0 Å². The van der Waals surface area contributed by atoms with Crippen molar-refractivity contribution in [3.05, 3.63) is 30.1 Å². The van der Waals surface area contributed by atoms with Crippen molar-refractivity contribution < 1.29 is 0 Å². The topological polar surface area (TPSA) is 37.0 Å². The molecular formula is C9H15N3. The molecule has 0 radical (unpaired) electrons. The summed E-state index contributed by atoms with van der Waals surface area (Å²) in [5, 5.41) is 0. The Morgan fingerprint density at radius 3 is 3.00 bits per heavy atom. The maximum Gasteiger partial charge on any atom is 0.0366 e. The molecule has 1 heterocycles. The van der Waals surface area contributed by atoms with Crippen molar-refractivity contribution in [2.24, 2.45) is 0 Å². The van der Waals surface area contributed by atoms with Crippen LogP contribution in [0.15, 0.2) is 24.5 Å². The van der Waals surface area contributed by atoms with Gasteiger partial charge < -0.3 is 0 Å². The summed E-state index contributed by atoms with van der Waals surface area (Å²) < 4.78 is 0. The van der Waals surface area contributed by atoms with Crippen LogP contribution in [0, 0.1) is 0 Å². The molecule has 12 heavy (non-hydrogen) atoms. The predicted octanol–water partition coefficient (Wildman–Crippen LogP) is 1.09. The molecule has 2 N–H and O–H groups in total. The van der Waals surface area contributed by atoms with Crippen molar-refractivity contribution in [2.75, 3.05) is 6.54 Å². The molecule has 0 amide bonds. The molecule has 1 rings (SSSR count). The number of aromatic nitrogens is 1. The van der Waals surface area contributed by atoms with Crippen LogP contribution in [0.4, 0.5) is 0 Å². The van der Waals surface area contributed by atoms with Crippen LogP contribution in [0.3, 0.4) is 0 Å². The summed E-state index contributed by atoms with van der Waals surface area (Å²) in [5.74, 6) is 0. The molecule has 0 aromatic carbocycles. The Balaban J connectivity index is 2.16. The van der Waals surface area contributed by atoms with Gasteiger partial charge in [0, 0.05) is 25.5 Å². The highest BCUT2D eigenvalue weighted by atomic mass is 15.3. The summed E-state index contributed by atoms with van der Waals surface area (Å²) >= 11 is 0. The van der Waals surface area contributed by atoms with Crippen LogP contribution in [0.5, 0.6) is 0 Å². The van der Waals surface area contributed by atoms with E-state index >= 15 is 0 Å². The van der Waals surface area contributed by atoms with Gasteiger partial charge in [-0.05, 0) is 18.1 Å². The summed E-state index contributed by atoms with van der Waals surface area (Å²) in [7, 11) is 0. The highest BCUT2D eigenvalue weighted by molar-refractivity contribution is 5.07. The van der Waals surface area contributed by atoms with Gasteiger partial charge in [-0.25, -0.2) is 0 Å². The lowest BCUT2D eigenvalue weighted by atomic mass is 10.3. The van der Waals surface area contributed by atoms with Gasteiger partial charge in [0.15, 0.2) is 0 Å². The Hall–Kier alpha value is -0.930. The van der Waals surface area contributed by atoms with Crippen molar-refractivity contribution in [3.63, 3.8) is 0 Å². The second kappa shape index (κ2) is 5.69. The molecule has 0 spiro atoms. The van der Waals surface area contributed by atoms with E-state index in [1.54, 1.807) is 6.20 Å². The summed E-state index contributed by atoms with van der Waals surface area (Å²) in [6, 6.07) is 3.99. The van der Waals surface area contributed by atoms with Crippen LogP contribution < -0.4 is 10.9 Å². The van der Waals surface area contributed by atoms with E-state index in [0.29, 0.717) is 0 Å². The van der Waals surface area contributed by atoms with Crippen LogP contribution in [0.2, 0.25) is 0 Å². The maximum absolute atomic E-state index is 4.02. The first-order chi connectivity index (χ1) is 5.93. The third kappa shape index (κ3) is 3.46. The second-order valence-electron chi connectivity index (χ2n) is 2.64. The first-order valence-corrected chi connectivity index (χ1v) is 4.28. The summed E-state index contributed by atoms with van der Waals surface area (Å²) in [5.41, 5.74) is 7.41. The maximum atomic E-state index is 4.02. The normalized spacial score (nSPS) is 10.1. The van der Waals surface area contributed by atoms with Gasteiger partial charge in [-0.1, -0.05) is 13.0 Å². The second-order valence-corrected chi connectivity index (χ2v) is 2.64. The molecule has 0 saturated heterocycles. The first kappa shape index (κ1) is 9.16. The van der Waals surface area contributed by atoms with Crippen LogP contribution >= 0.6 is 0 Å². The Morgan fingerprint density at radius 2 is 2.33 bits per heavy atom. The fourth-order valence-corrected chi connectivity index (χ4v) is 0.881. The smallest absolute Gasteiger partial charge is 0.0366 e. The van der Waals surface area contributed by atoms with E-state index in [2.05, 4.69) is 22.8 Å². The van der Waals surface area contributed by atoms with Crippen molar-refractivity contribution >= 4 is 0 Å². The van der Waals surface area contributed by atoms with Crippen molar-refractivity contribution in [1.29, 1.82) is 0 Å². The van der Waals surface area contributed by atoms with Gasteiger partial charge in [0.2, 0.25) is 0 Å². The Morgan fingerprint density at radius 1 is 1.42 bits per heavy atom. The minimum Gasteiger partial charge on any atom is -0.264 e. The molecule has 0 unspecified atom stereocenters. The van der Waals surface area contributed by atoms with Crippen LogP contribution in [0.25, 0.3) is 0 Å². The van der Waals surface area contributed by atoms with Crippen LogP contribution in [0.1, 0.15) is 18.9 Å². The number of nitrogens with zero attached hydrogens (tertiary/aromatic N) is 1. The highest BCUT2D eigenvalue weighted by Gasteiger charge is 1.88. The molecule has 66 valence electrons. The van der Waals surface area contributed by atoms with Crippen molar-refractivity contribution in [3.8, 4) is 0 Å². The van der Waals surface area contributed by atoms with E-state index in [4.69, 9.17) is 0 Å². The zero-order chi connectivity index (χ0) is 8.65. The quantitative estimate of drug-likeness (QED) is 0.506. The summed E-state index contributed by atoms with van der Waals surface area (Å²) in [6.07, 6.45) is 4.78. The Labute approximate surface area is 73.2 Å². The molecule has 3 nitrogen and oxygen atoms in total. The number of hydrazine groups is 1. The van der Waals surface area contributed by atoms with E-state index < -0.39 is 0 Å². The molecule has 0 saturated carbocycles. The summed E-state index contributed by atoms with van der Waals surface area (Å²) in [6.45, 7) is 3.97. The Kier molecular flexibility index (Phi) is 4.34. The largest absolute Gasteiger partial charge is 0.264 e. The lowest BCUT2D eigenvalue weighted by molar-refractivity contribution is 0.528. The van der Waals surface area contributed by atoms with Crippen molar-refractivity contribution in [1.82, 2.24) is 15.8 Å². The minimum atomic E-state index is 0.827. The number of hydrogen-bond donors (Lipinski definition) is 2. The van der Waals surface area contributed by atoms with Crippen LogP contribution in [-0.2, 0) is 6.54 Å². The van der Waals surface area contributed by atoms with E-state index in [1.807, 2.05) is 18.3 Å². The van der Waals surface area contributed by atoms with Crippen LogP contribution in [-0.4, -0.2) is 11.5 Å². The Bertz CT molecular complexity index is 198. The van der Waals surface area contributed by atoms with Gasteiger partial charge in [0.05, 0.1) is 0 Å². The molecule has 0 atom stereocenters. The number of hydrogen-bond acceptors (Lipinski definition) is 3. The highest BCUT2D eigenvalue weighted by Crippen LogP contribution is 1.92.